The maximum Gasteiger partial charge on any atom is 0.125 e. The minimum atomic E-state index is -0.391. The van der Waals surface area contributed by atoms with E-state index in [2.05, 4.69) is 22.3 Å². The van der Waals surface area contributed by atoms with E-state index < -0.39 is 6.10 Å². The van der Waals surface area contributed by atoms with Crippen LogP contribution in [0.3, 0.4) is 0 Å². The third-order valence-electron chi connectivity index (χ3n) is 5.59. The van der Waals surface area contributed by atoms with Crippen LogP contribution >= 0.6 is 11.3 Å². The van der Waals surface area contributed by atoms with Crippen molar-refractivity contribution in [2.45, 2.75) is 25.4 Å². The first kappa shape index (κ1) is 16.6. The molecule has 1 saturated carbocycles. The van der Waals surface area contributed by atoms with E-state index in [-0.39, 0.29) is 0 Å². The van der Waals surface area contributed by atoms with Crippen LogP contribution in [0.25, 0.3) is 32.9 Å². The van der Waals surface area contributed by atoms with Crippen molar-refractivity contribution in [1.29, 1.82) is 0 Å². The van der Waals surface area contributed by atoms with Gasteiger partial charge in [-0.2, -0.15) is 10.2 Å². The number of hydrogen-bond acceptors (Lipinski definition) is 5. The zero-order valence-corrected chi connectivity index (χ0v) is 16.1. The molecule has 4 aromatic rings. The molecule has 0 aromatic carbocycles. The van der Waals surface area contributed by atoms with Crippen LogP contribution < -0.4 is 0 Å². The molecule has 1 aliphatic carbocycles. The summed E-state index contributed by atoms with van der Waals surface area (Å²) in [5, 5.41) is 20.5. The van der Waals surface area contributed by atoms with Crippen LogP contribution in [0, 0.1) is 5.92 Å². The zero-order valence-electron chi connectivity index (χ0n) is 15.3. The number of aliphatic hydroxyl groups is 1. The average molecular weight is 379 g/mol. The van der Waals surface area contributed by atoms with Gasteiger partial charge in [-0.25, -0.2) is 4.98 Å². The quantitative estimate of drug-likeness (QED) is 0.583. The Kier molecular flexibility index (Phi) is 3.87. The van der Waals surface area contributed by atoms with Crippen molar-refractivity contribution in [3.63, 3.8) is 0 Å². The second-order valence-electron chi connectivity index (χ2n) is 7.24. The summed E-state index contributed by atoms with van der Waals surface area (Å²) in [5.74, 6) is 0.384. The van der Waals surface area contributed by atoms with Crippen molar-refractivity contribution in [3.8, 4) is 22.6 Å². The second kappa shape index (κ2) is 6.28. The fraction of sp³-hybridized carbons (Fsp3) is 0.350. The van der Waals surface area contributed by atoms with E-state index in [1.807, 2.05) is 41.8 Å². The highest BCUT2D eigenvalue weighted by Gasteiger charge is 2.29. The Bertz CT molecular complexity index is 1120. The molecule has 1 aliphatic rings. The topological polar surface area (TPSA) is 68.8 Å². The van der Waals surface area contributed by atoms with Crippen molar-refractivity contribution < 1.29 is 5.11 Å². The Balaban J connectivity index is 1.72. The third kappa shape index (κ3) is 2.69. The summed E-state index contributed by atoms with van der Waals surface area (Å²) in [7, 11) is 3.87. The fourth-order valence-corrected chi connectivity index (χ4v) is 4.91. The lowest BCUT2D eigenvalue weighted by atomic mass is 9.80. The van der Waals surface area contributed by atoms with Crippen molar-refractivity contribution in [1.82, 2.24) is 24.5 Å². The number of fused-ring (bicyclic) bond motifs is 1. The molecule has 0 bridgehead atoms. The van der Waals surface area contributed by atoms with Crippen molar-refractivity contribution >= 4 is 21.6 Å². The van der Waals surface area contributed by atoms with Crippen LogP contribution in [-0.2, 0) is 14.1 Å². The second-order valence-corrected chi connectivity index (χ2v) is 8.30. The maximum atomic E-state index is 10.8. The minimum absolute atomic E-state index is 0.384. The van der Waals surface area contributed by atoms with Crippen LogP contribution in [0.4, 0.5) is 0 Å². The number of rotatable bonds is 4. The molecular formula is C20H21N5OS. The van der Waals surface area contributed by atoms with E-state index in [0.717, 1.165) is 50.6 Å². The number of pyridine rings is 1. The van der Waals surface area contributed by atoms with Crippen molar-refractivity contribution in [3.05, 3.63) is 41.5 Å². The van der Waals surface area contributed by atoms with Gasteiger partial charge in [0.25, 0.3) is 0 Å². The monoisotopic (exact) mass is 379 g/mol. The molecule has 1 atom stereocenters. The normalized spacial score (nSPS) is 16.0. The molecular weight excluding hydrogens is 358 g/mol. The first-order valence-corrected chi connectivity index (χ1v) is 10.0. The first-order valence-electron chi connectivity index (χ1n) is 9.21. The van der Waals surface area contributed by atoms with Gasteiger partial charge in [0.15, 0.2) is 0 Å². The molecule has 0 spiro atoms. The van der Waals surface area contributed by atoms with E-state index >= 15 is 0 Å². The number of hydrogen-bond donors (Lipinski definition) is 1. The molecule has 7 heteroatoms. The van der Waals surface area contributed by atoms with Gasteiger partial charge in [0.2, 0.25) is 0 Å². The standard InChI is InChI=1S/C20H21N5OS/c1-24-16(6-8-21-24)13-10-15(17-7-9-22-25(17)2)23-20-14(13)11-18(27-20)19(26)12-4-3-5-12/h6-12,19,26H,3-5H2,1-2H3/t19-/m0/s1. The summed E-state index contributed by atoms with van der Waals surface area (Å²) in [6.07, 6.45) is 6.63. The molecule has 1 fully saturated rings. The molecule has 138 valence electrons. The van der Waals surface area contributed by atoms with Crippen LogP contribution in [-0.4, -0.2) is 29.7 Å². The summed E-state index contributed by atoms with van der Waals surface area (Å²) in [6.45, 7) is 0. The lowest BCUT2D eigenvalue weighted by Gasteiger charge is -2.29. The number of aromatic nitrogens is 5. The Labute approximate surface area is 161 Å². The van der Waals surface area contributed by atoms with Gasteiger partial charge < -0.3 is 5.11 Å². The predicted molar refractivity (Wildman–Crippen MR) is 106 cm³/mol. The van der Waals surface area contributed by atoms with Gasteiger partial charge in [0.1, 0.15) is 4.83 Å². The van der Waals surface area contributed by atoms with Crippen LogP contribution in [0.2, 0.25) is 0 Å². The lowest BCUT2D eigenvalue weighted by molar-refractivity contribution is 0.0650. The third-order valence-corrected chi connectivity index (χ3v) is 6.69. The molecule has 0 aliphatic heterocycles. The van der Waals surface area contributed by atoms with Gasteiger partial charge in [-0.05, 0) is 43.0 Å². The Morgan fingerprint density at radius 3 is 2.37 bits per heavy atom. The Morgan fingerprint density at radius 2 is 1.78 bits per heavy atom. The van der Waals surface area contributed by atoms with E-state index in [1.54, 1.807) is 17.5 Å². The molecule has 27 heavy (non-hydrogen) atoms. The zero-order chi connectivity index (χ0) is 18.5. The van der Waals surface area contributed by atoms with Gasteiger partial charge in [0, 0.05) is 42.3 Å². The van der Waals surface area contributed by atoms with Crippen LogP contribution in [0.15, 0.2) is 36.7 Å². The molecule has 1 N–H and O–H groups in total. The minimum Gasteiger partial charge on any atom is -0.387 e. The average Bonchev–Trinajstić information content (AvgIpc) is 3.31. The summed E-state index contributed by atoms with van der Waals surface area (Å²) in [6, 6.07) is 8.20. The van der Waals surface area contributed by atoms with E-state index in [4.69, 9.17) is 4.98 Å². The van der Waals surface area contributed by atoms with Gasteiger partial charge in [-0.15, -0.1) is 11.3 Å². The number of nitrogens with zero attached hydrogens (tertiary/aromatic N) is 5. The summed E-state index contributed by atoms with van der Waals surface area (Å²) >= 11 is 1.60. The molecule has 0 unspecified atom stereocenters. The Morgan fingerprint density at radius 1 is 1.07 bits per heavy atom. The smallest absolute Gasteiger partial charge is 0.125 e. The number of thiophene rings is 1. The van der Waals surface area contributed by atoms with E-state index in [1.165, 1.54) is 6.42 Å². The van der Waals surface area contributed by atoms with Gasteiger partial charge in [0.05, 0.1) is 23.2 Å². The number of aliphatic hydroxyl groups excluding tert-OH is 1. The molecule has 4 aromatic heterocycles. The summed E-state index contributed by atoms with van der Waals surface area (Å²) in [4.78, 5) is 6.85. The highest BCUT2D eigenvalue weighted by Crippen LogP contribution is 2.43. The largest absolute Gasteiger partial charge is 0.387 e. The highest BCUT2D eigenvalue weighted by molar-refractivity contribution is 7.18. The van der Waals surface area contributed by atoms with Gasteiger partial charge in [-0.1, -0.05) is 6.42 Å². The SMILES string of the molecule is Cn1nccc1-c1cc(-c2ccnn2C)c2cc([C@@H](O)C3CCC3)sc2n1. The van der Waals surface area contributed by atoms with E-state index in [0.29, 0.717) is 5.92 Å². The first-order chi connectivity index (χ1) is 13.1. The summed E-state index contributed by atoms with van der Waals surface area (Å²) in [5.41, 5.74) is 3.97. The maximum absolute atomic E-state index is 10.8. The van der Waals surface area contributed by atoms with Crippen LogP contribution in [0.5, 0.6) is 0 Å². The fourth-order valence-electron chi connectivity index (χ4n) is 3.77. The number of aryl methyl sites for hydroxylation is 2. The van der Waals surface area contributed by atoms with Gasteiger partial charge in [-0.3, -0.25) is 9.36 Å². The van der Waals surface area contributed by atoms with Crippen LogP contribution in [0.1, 0.15) is 30.2 Å². The molecule has 4 heterocycles. The van der Waals surface area contributed by atoms with E-state index in [9.17, 15) is 5.11 Å². The van der Waals surface area contributed by atoms with Gasteiger partial charge >= 0.3 is 0 Å². The Hall–Kier alpha value is -2.51. The lowest BCUT2D eigenvalue weighted by Crippen LogP contribution is -2.19. The molecule has 5 rings (SSSR count). The molecule has 6 nitrogen and oxygen atoms in total. The highest BCUT2D eigenvalue weighted by atomic mass is 32.1. The molecule has 0 radical (unpaired) electrons. The van der Waals surface area contributed by atoms with Crippen molar-refractivity contribution in [2.75, 3.05) is 0 Å². The summed E-state index contributed by atoms with van der Waals surface area (Å²) < 4.78 is 3.71. The predicted octanol–water partition coefficient (Wildman–Crippen LogP) is 3.93. The molecule has 0 saturated heterocycles. The van der Waals surface area contributed by atoms with Crippen molar-refractivity contribution in [2.24, 2.45) is 20.0 Å². The molecule has 0 amide bonds.